The molecular formula is C31H44N2O5. The van der Waals surface area contributed by atoms with Gasteiger partial charge >= 0.3 is 5.97 Å². The molecule has 0 spiro atoms. The van der Waals surface area contributed by atoms with E-state index < -0.39 is 29.9 Å². The molecule has 0 amide bonds. The van der Waals surface area contributed by atoms with Crippen LogP contribution in [0.15, 0.2) is 60.7 Å². The lowest BCUT2D eigenvalue weighted by Gasteiger charge is -2.46. The van der Waals surface area contributed by atoms with Crippen molar-refractivity contribution >= 4 is 5.97 Å². The average Bonchev–Trinajstić information content (AvgIpc) is 3.47. The highest BCUT2D eigenvalue weighted by Crippen LogP contribution is 2.44. The first kappa shape index (κ1) is 28.7. The van der Waals surface area contributed by atoms with Gasteiger partial charge in [0.2, 0.25) is 0 Å². The van der Waals surface area contributed by atoms with Crippen LogP contribution in [0.2, 0.25) is 0 Å². The number of benzene rings is 2. The van der Waals surface area contributed by atoms with Crippen molar-refractivity contribution in [3.8, 4) is 0 Å². The summed E-state index contributed by atoms with van der Waals surface area (Å²) in [4.78, 5) is 18.0. The Morgan fingerprint density at radius 1 is 0.921 bits per heavy atom. The third kappa shape index (κ3) is 5.54. The van der Waals surface area contributed by atoms with E-state index in [1.54, 1.807) is 0 Å². The van der Waals surface area contributed by atoms with Crippen LogP contribution < -0.4 is 0 Å². The first-order chi connectivity index (χ1) is 17.9. The highest BCUT2D eigenvalue weighted by Gasteiger charge is 2.63. The smallest absolute Gasteiger partial charge is 0.331 e. The minimum absolute atomic E-state index is 0.0332. The van der Waals surface area contributed by atoms with Crippen molar-refractivity contribution in [2.75, 3.05) is 20.3 Å². The zero-order valence-electron chi connectivity index (χ0n) is 23.9. The van der Waals surface area contributed by atoms with Crippen LogP contribution in [0.1, 0.15) is 52.7 Å². The number of carbonyl (C=O) groups is 1. The van der Waals surface area contributed by atoms with Crippen LogP contribution >= 0.6 is 0 Å². The molecule has 7 heteroatoms. The molecule has 0 aromatic heterocycles. The summed E-state index contributed by atoms with van der Waals surface area (Å²) in [6, 6.07) is 19.7. The summed E-state index contributed by atoms with van der Waals surface area (Å²) in [5.74, 6) is -0.494. The van der Waals surface area contributed by atoms with E-state index in [-0.39, 0.29) is 23.7 Å². The lowest BCUT2D eigenvalue weighted by Crippen LogP contribution is -2.68. The molecule has 0 bridgehead atoms. The molecule has 1 N–H and O–H groups in total. The van der Waals surface area contributed by atoms with E-state index in [0.29, 0.717) is 19.7 Å². The Morgan fingerprint density at radius 3 is 1.95 bits per heavy atom. The normalized spacial score (nSPS) is 27.9. The lowest BCUT2D eigenvalue weighted by molar-refractivity contribution is -0.168. The minimum atomic E-state index is -1.40. The van der Waals surface area contributed by atoms with Crippen LogP contribution in [-0.4, -0.2) is 71.3 Å². The Labute approximate surface area is 227 Å². The Balaban J connectivity index is 1.77. The fourth-order valence-electron chi connectivity index (χ4n) is 5.93. The van der Waals surface area contributed by atoms with Crippen molar-refractivity contribution in [2.45, 2.75) is 84.8 Å². The number of carbonyl (C=O) groups excluding carboxylic acids is 1. The largest absolute Gasteiger partial charge is 0.467 e. The molecule has 2 aliphatic heterocycles. The molecule has 7 nitrogen and oxygen atoms in total. The second kappa shape index (κ2) is 11.1. The topological polar surface area (TPSA) is 71.5 Å². The molecular weight excluding hydrogens is 480 g/mol. The predicted molar refractivity (Wildman–Crippen MR) is 147 cm³/mol. The number of esters is 1. The molecule has 38 heavy (non-hydrogen) atoms. The molecule has 0 radical (unpaired) electrons. The predicted octanol–water partition coefficient (Wildman–Crippen LogP) is 4.44. The molecule has 0 unspecified atom stereocenters. The zero-order chi connectivity index (χ0) is 27.7. The highest BCUT2D eigenvalue weighted by atomic mass is 16.6. The van der Waals surface area contributed by atoms with E-state index in [9.17, 15) is 9.90 Å². The van der Waals surface area contributed by atoms with E-state index >= 15 is 0 Å². The van der Waals surface area contributed by atoms with Crippen LogP contribution in [0.5, 0.6) is 0 Å². The van der Waals surface area contributed by atoms with Crippen molar-refractivity contribution in [1.82, 2.24) is 9.80 Å². The summed E-state index contributed by atoms with van der Waals surface area (Å²) in [7, 11) is 1.38. The number of hydrogen-bond donors (Lipinski definition) is 1. The maximum absolute atomic E-state index is 13.8. The van der Waals surface area contributed by atoms with Gasteiger partial charge in [0, 0.05) is 23.9 Å². The maximum atomic E-state index is 13.8. The molecule has 5 atom stereocenters. The van der Waals surface area contributed by atoms with Gasteiger partial charge in [-0.2, -0.15) is 0 Å². The van der Waals surface area contributed by atoms with Gasteiger partial charge in [-0.25, -0.2) is 4.79 Å². The number of aliphatic hydroxyl groups excluding tert-OH is 1. The van der Waals surface area contributed by atoms with Crippen LogP contribution in [0, 0.1) is 10.8 Å². The summed E-state index contributed by atoms with van der Waals surface area (Å²) in [5, 5.41) is 12.3. The first-order valence-corrected chi connectivity index (χ1v) is 13.5. The quantitative estimate of drug-likeness (QED) is 0.537. The molecule has 4 rings (SSSR count). The van der Waals surface area contributed by atoms with E-state index in [1.807, 2.05) is 53.4 Å². The van der Waals surface area contributed by atoms with Gasteiger partial charge in [-0.1, -0.05) is 102 Å². The molecule has 0 saturated carbocycles. The van der Waals surface area contributed by atoms with Crippen molar-refractivity contribution in [3.05, 3.63) is 71.8 Å². The van der Waals surface area contributed by atoms with Gasteiger partial charge in [-0.3, -0.25) is 9.80 Å². The maximum Gasteiger partial charge on any atom is 0.331 e. The number of aliphatic hydroxyl groups is 1. The SMILES string of the molecule is COC(=O)[C@@]1([C@H](O)[C@H]2CO[C@@H](C(C)(C)C)N2Cc2ccccc2)CO[C@@H](C(C)(C)C)N1Cc1ccccc1. The number of hydrogen-bond acceptors (Lipinski definition) is 7. The molecule has 2 aromatic carbocycles. The second-order valence-corrected chi connectivity index (χ2v) is 12.8. The summed E-state index contributed by atoms with van der Waals surface area (Å²) >= 11 is 0. The van der Waals surface area contributed by atoms with E-state index in [0.717, 1.165) is 11.1 Å². The number of rotatable bonds is 7. The first-order valence-electron chi connectivity index (χ1n) is 13.5. The molecule has 2 fully saturated rings. The Hall–Kier alpha value is -2.29. The third-order valence-electron chi connectivity index (χ3n) is 7.69. The molecule has 2 aliphatic rings. The van der Waals surface area contributed by atoms with Gasteiger partial charge in [0.15, 0.2) is 5.54 Å². The summed E-state index contributed by atoms with van der Waals surface area (Å²) in [6.45, 7) is 14.0. The van der Waals surface area contributed by atoms with Gasteiger partial charge in [0.25, 0.3) is 0 Å². The monoisotopic (exact) mass is 524 g/mol. The standard InChI is InChI=1S/C31H44N2O5/c1-29(2,3)26-32(18-22-14-10-8-11-15-22)24(20-37-26)25(34)31(28(35)36-7)21-38-27(30(4,5)6)33(31)19-23-16-12-9-13-17-23/h8-17,24-27,34H,18-21H2,1-7H3/t24-,25-,26+,27+,31+/m1/s1. The van der Waals surface area contributed by atoms with Crippen molar-refractivity contribution < 1.29 is 24.1 Å². The van der Waals surface area contributed by atoms with E-state index in [4.69, 9.17) is 14.2 Å². The molecule has 2 saturated heterocycles. The van der Waals surface area contributed by atoms with Gasteiger partial charge in [0.1, 0.15) is 18.6 Å². The number of nitrogens with zero attached hydrogens (tertiary/aromatic N) is 2. The number of methoxy groups -OCH3 is 1. The summed E-state index contributed by atoms with van der Waals surface area (Å²) in [6.07, 6.45) is -1.76. The van der Waals surface area contributed by atoms with Gasteiger partial charge in [0.05, 0.1) is 26.4 Å². The van der Waals surface area contributed by atoms with Crippen LogP contribution in [-0.2, 0) is 32.1 Å². The van der Waals surface area contributed by atoms with Gasteiger partial charge in [-0.15, -0.1) is 0 Å². The van der Waals surface area contributed by atoms with Crippen LogP contribution in [0.4, 0.5) is 0 Å². The molecule has 208 valence electrons. The van der Waals surface area contributed by atoms with E-state index in [2.05, 4.69) is 58.6 Å². The highest BCUT2D eigenvalue weighted by molar-refractivity contribution is 5.82. The second-order valence-electron chi connectivity index (χ2n) is 12.8. The average molecular weight is 525 g/mol. The molecule has 0 aliphatic carbocycles. The molecule has 2 heterocycles. The van der Waals surface area contributed by atoms with Crippen LogP contribution in [0.25, 0.3) is 0 Å². The Bertz CT molecular complexity index is 1070. The molecule has 2 aromatic rings. The van der Waals surface area contributed by atoms with Gasteiger partial charge in [-0.05, 0) is 11.1 Å². The zero-order valence-corrected chi connectivity index (χ0v) is 23.9. The number of ether oxygens (including phenoxy) is 3. The van der Waals surface area contributed by atoms with E-state index in [1.165, 1.54) is 7.11 Å². The lowest BCUT2D eigenvalue weighted by atomic mass is 9.83. The third-order valence-corrected chi connectivity index (χ3v) is 7.69. The van der Waals surface area contributed by atoms with Crippen molar-refractivity contribution in [3.63, 3.8) is 0 Å². The fraction of sp³-hybridized carbons (Fsp3) is 0.581. The summed E-state index contributed by atoms with van der Waals surface area (Å²) in [5.41, 5.74) is 0.231. The Kier molecular flexibility index (Phi) is 8.36. The van der Waals surface area contributed by atoms with Crippen LogP contribution in [0.3, 0.4) is 0 Å². The van der Waals surface area contributed by atoms with Crippen molar-refractivity contribution in [1.29, 1.82) is 0 Å². The Morgan fingerprint density at radius 2 is 1.45 bits per heavy atom. The summed E-state index contributed by atoms with van der Waals surface area (Å²) < 4.78 is 18.1. The van der Waals surface area contributed by atoms with Gasteiger partial charge < -0.3 is 19.3 Å². The van der Waals surface area contributed by atoms with Crippen molar-refractivity contribution in [2.24, 2.45) is 10.8 Å². The fourth-order valence-corrected chi connectivity index (χ4v) is 5.93. The minimum Gasteiger partial charge on any atom is -0.467 e.